The van der Waals surface area contributed by atoms with Gasteiger partial charge in [0.15, 0.2) is 0 Å². The molecule has 100 valence electrons. The maximum absolute atomic E-state index is 12.1. The zero-order valence-electron chi connectivity index (χ0n) is 9.05. The Morgan fingerprint density at radius 1 is 1.39 bits per heavy atom. The number of rotatable bonds is 5. The molecule has 0 saturated carbocycles. The standard InChI is InChI=1S/C9H11F2N3O3S/c10-9(11)18(16,17)14-7-3-1-6(2-4-7)5-8(12)13-15/h1-4,9,14-15H,5H2,(H2,12,13). The molecule has 0 heterocycles. The summed E-state index contributed by atoms with van der Waals surface area (Å²) >= 11 is 0. The minimum absolute atomic E-state index is 0.0126. The van der Waals surface area contributed by atoms with E-state index >= 15 is 0 Å². The molecule has 0 aliphatic heterocycles. The fourth-order valence-corrected chi connectivity index (χ4v) is 1.70. The first kappa shape index (κ1) is 14.2. The highest BCUT2D eigenvalue weighted by Gasteiger charge is 2.23. The molecular weight excluding hydrogens is 268 g/mol. The van der Waals surface area contributed by atoms with Crippen molar-refractivity contribution in [3.05, 3.63) is 29.8 Å². The van der Waals surface area contributed by atoms with Gasteiger partial charge in [0.2, 0.25) is 0 Å². The topological polar surface area (TPSA) is 105 Å². The first-order valence-electron chi connectivity index (χ1n) is 4.70. The van der Waals surface area contributed by atoms with Crippen LogP contribution in [0.4, 0.5) is 14.5 Å². The molecule has 9 heteroatoms. The highest BCUT2D eigenvalue weighted by molar-refractivity contribution is 7.93. The Kier molecular flexibility index (Phi) is 4.43. The number of benzene rings is 1. The van der Waals surface area contributed by atoms with Gasteiger partial charge in [-0.2, -0.15) is 8.78 Å². The maximum atomic E-state index is 12.1. The lowest BCUT2D eigenvalue weighted by Gasteiger charge is -2.07. The summed E-state index contributed by atoms with van der Waals surface area (Å²) in [5, 5.41) is 11.1. The average Bonchev–Trinajstić information content (AvgIpc) is 2.31. The van der Waals surface area contributed by atoms with Gasteiger partial charge in [-0.3, -0.25) is 4.72 Å². The predicted octanol–water partition coefficient (Wildman–Crippen LogP) is 0.940. The van der Waals surface area contributed by atoms with E-state index in [2.05, 4.69) is 5.16 Å². The summed E-state index contributed by atoms with van der Waals surface area (Å²) in [5.74, 6) is -3.51. The number of amidine groups is 1. The van der Waals surface area contributed by atoms with Gasteiger partial charge in [0.05, 0.1) is 0 Å². The number of hydrogen-bond donors (Lipinski definition) is 3. The normalized spacial score (nSPS) is 12.7. The van der Waals surface area contributed by atoms with E-state index in [-0.39, 0.29) is 17.9 Å². The SMILES string of the molecule is NC(Cc1ccc(NS(=O)(=O)C(F)F)cc1)=NO. The van der Waals surface area contributed by atoms with Crippen LogP contribution in [0, 0.1) is 0 Å². The van der Waals surface area contributed by atoms with Crippen LogP contribution in [-0.4, -0.2) is 25.2 Å². The molecule has 1 aromatic rings. The van der Waals surface area contributed by atoms with E-state index in [1.165, 1.54) is 24.3 Å². The number of hydrogen-bond acceptors (Lipinski definition) is 4. The summed E-state index contributed by atoms with van der Waals surface area (Å²) in [7, 11) is -4.66. The van der Waals surface area contributed by atoms with Crippen LogP contribution in [0.15, 0.2) is 29.4 Å². The van der Waals surface area contributed by atoms with Crippen molar-refractivity contribution in [1.29, 1.82) is 0 Å². The van der Waals surface area contributed by atoms with Gasteiger partial charge in [0.25, 0.3) is 10.0 Å². The Labute approximate surface area is 102 Å². The molecule has 6 nitrogen and oxygen atoms in total. The average molecular weight is 279 g/mol. The second kappa shape index (κ2) is 5.63. The molecule has 0 bridgehead atoms. The number of oxime groups is 1. The van der Waals surface area contributed by atoms with Crippen LogP contribution in [0.25, 0.3) is 0 Å². The van der Waals surface area contributed by atoms with Crippen molar-refractivity contribution in [1.82, 2.24) is 0 Å². The fraction of sp³-hybridized carbons (Fsp3) is 0.222. The molecule has 0 aliphatic carbocycles. The van der Waals surface area contributed by atoms with Crippen LogP contribution in [-0.2, 0) is 16.4 Å². The van der Waals surface area contributed by atoms with Crippen molar-refractivity contribution in [3.8, 4) is 0 Å². The van der Waals surface area contributed by atoms with Crippen molar-refractivity contribution in [2.45, 2.75) is 12.2 Å². The number of nitrogens with two attached hydrogens (primary N) is 1. The smallest absolute Gasteiger partial charge is 0.355 e. The monoisotopic (exact) mass is 279 g/mol. The molecule has 0 aromatic heterocycles. The molecule has 4 N–H and O–H groups in total. The Balaban J connectivity index is 2.78. The molecule has 1 aromatic carbocycles. The number of halogens is 2. The van der Waals surface area contributed by atoms with E-state index in [9.17, 15) is 17.2 Å². The highest BCUT2D eigenvalue weighted by Crippen LogP contribution is 2.14. The molecule has 0 radical (unpaired) electrons. The fourth-order valence-electron chi connectivity index (χ4n) is 1.14. The van der Waals surface area contributed by atoms with E-state index in [1.807, 2.05) is 0 Å². The Hall–Kier alpha value is -1.90. The Morgan fingerprint density at radius 2 is 1.94 bits per heavy atom. The third-order valence-corrected chi connectivity index (χ3v) is 2.95. The molecule has 0 atom stereocenters. The van der Waals surface area contributed by atoms with E-state index in [1.54, 1.807) is 4.72 Å². The van der Waals surface area contributed by atoms with Crippen molar-refractivity contribution in [2.75, 3.05) is 4.72 Å². The second-order valence-electron chi connectivity index (χ2n) is 3.37. The largest absolute Gasteiger partial charge is 0.409 e. The molecule has 0 fully saturated rings. The number of nitrogens with one attached hydrogen (secondary N) is 1. The lowest BCUT2D eigenvalue weighted by Crippen LogP contribution is -2.20. The van der Waals surface area contributed by atoms with Crippen molar-refractivity contribution in [2.24, 2.45) is 10.9 Å². The van der Waals surface area contributed by atoms with E-state index in [0.29, 0.717) is 5.56 Å². The summed E-state index contributed by atoms with van der Waals surface area (Å²) in [4.78, 5) is 0. The van der Waals surface area contributed by atoms with Crippen molar-refractivity contribution in [3.63, 3.8) is 0 Å². The van der Waals surface area contributed by atoms with Gasteiger partial charge in [-0.1, -0.05) is 17.3 Å². The second-order valence-corrected chi connectivity index (χ2v) is 5.02. The minimum atomic E-state index is -4.66. The quantitative estimate of drug-likeness (QED) is 0.323. The first-order chi connectivity index (χ1) is 8.35. The third kappa shape index (κ3) is 3.84. The third-order valence-electron chi connectivity index (χ3n) is 1.96. The summed E-state index contributed by atoms with van der Waals surface area (Å²) in [6, 6.07) is 5.56. The summed E-state index contributed by atoms with van der Waals surface area (Å²) in [6.45, 7) is 0. The number of sulfonamides is 1. The summed E-state index contributed by atoms with van der Waals surface area (Å²) in [5.41, 5.74) is 5.93. The highest BCUT2D eigenvalue weighted by atomic mass is 32.2. The lowest BCUT2D eigenvalue weighted by molar-refractivity contribution is 0.236. The Bertz CT molecular complexity index is 528. The van der Waals surface area contributed by atoms with E-state index in [4.69, 9.17) is 10.9 Å². The molecule has 0 spiro atoms. The number of nitrogens with zero attached hydrogens (tertiary/aromatic N) is 1. The summed E-state index contributed by atoms with van der Waals surface area (Å²) < 4.78 is 47.6. The van der Waals surface area contributed by atoms with Crippen LogP contribution < -0.4 is 10.5 Å². The molecule has 1 rings (SSSR count). The zero-order chi connectivity index (χ0) is 13.8. The molecule has 0 amide bonds. The molecule has 18 heavy (non-hydrogen) atoms. The number of alkyl halides is 2. The van der Waals surface area contributed by atoms with E-state index < -0.39 is 15.8 Å². The van der Waals surface area contributed by atoms with Crippen molar-refractivity contribution >= 4 is 21.5 Å². The molecule has 0 saturated heterocycles. The Morgan fingerprint density at radius 3 is 2.39 bits per heavy atom. The van der Waals surface area contributed by atoms with Gasteiger partial charge in [0, 0.05) is 12.1 Å². The molecule has 0 unspecified atom stereocenters. The maximum Gasteiger partial charge on any atom is 0.355 e. The van der Waals surface area contributed by atoms with Gasteiger partial charge in [0.1, 0.15) is 5.84 Å². The van der Waals surface area contributed by atoms with Gasteiger partial charge in [-0.05, 0) is 17.7 Å². The van der Waals surface area contributed by atoms with Gasteiger partial charge in [-0.25, -0.2) is 8.42 Å². The zero-order valence-corrected chi connectivity index (χ0v) is 9.86. The van der Waals surface area contributed by atoms with Crippen LogP contribution in [0.2, 0.25) is 0 Å². The number of anilines is 1. The van der Waals surface area contributed by atoms with Crippen LogP contribution in [0.3, 0.4) is 0 Å². The molecule has 0 aliphatic rings. The van der Waals surface area contributed by atoms with E-state index in [0.717, 1.165) is 0 Å². The van der Waals surface area contributed by atoms with Gasteiger partial charge < -0.3 is 10.9 Å². The first-order valence-corrected chi connectivity index (χ1v) is 6.25. The lowest BCUT2D eigenvalue weighted by atomic mass is 10.1. The molecular formula is C9H11F2N3O3S. The van der Waals surface area contributed by atoms with Crippen LogP contribution in [0.1, 0.15) is 5.56 Å². The van der Waals surface area contributed by atoms with Crippen molar-refractivity contribution < 1.29 is 22.4 Å². The summed E-state index contributed by atoms with van der Waals surface area (Å²) in [6.07, 6.45) is 0.165. The van der Waals surface area contributed by atoms with Gasteiger partial charge >= 0.3 is 5.76 Å². The minimum Gasteiger partial charge on any atom is -0.409 e. The van der Waals surface area contributed by atoms with Crippen LogP contribution >= 0.6 is 0 Å². The van der Waals surface area contributed by atoms with Crippen LogP contribution in [0.5, 0.6) is 0 Å². The predicted molar refractivity (Wildman–Crippen MR) is 62.1 cm³/mol. The van der Waals surface area contributed by atoms with Gasteiger partial charge in [-0.15, -0.1) is 0 Å².